The lowest BCUT2D eigenvalue weighted by Crippen LogP contribution is -2.42. The fourth-order valence-electron chi connectivity index (χ4n) is 3.35. The Morgan fingerprint density at radius 2 is 1.95 bits per heavy atom. The van der Waals surface area contributed by atoms with Crippen LogP contribution in [-0.2, 0) is 12.0 Å². The molecule has 19 heavy (non-hydrogen) atoms. The van der Waals surface area contributed by atoms with Gasteiger partial charge < -0.3 is 0 Å². The number of thiazole rings is 1. The summed E-state index contributed by atoms with van der Waals surface area (Å²) in [6, 6.07) is 1.57. The standard InChI is InChI=1S/C15H23BrN2S/c1-15(2,3)13-9-19-14(17-13)8-18-11-4-5-12(18)7-10(16)6-11/h9-12H,4-8H2,1-3H3. The van der Waals surface area contributed by atoms with Gasteiger partial charge in [-0.2, -0.15) is 0 Å². The molecule has 2 fully saturated rings. The molecule has 3 rings (SSSR count). The van der Waals surface area contributed by atoms with Gasteiger partial charge in [0, 0.05) is 27.7 Å². The number of alkyl halides is 1. The first-order valence-electron chi connectivity index (χ1n) is 7.28. The Morgan fingerprint density at radius 1 is 1.32 bits per heavy atom. The van der Waals surface area contributed by atoms with Gasteiger partial charge in [0.25, 0.3) is 0 Å². The number of fused-ring (bicyclic) bond motifs is 2. The first-order chi connectivity index (χ1) is 8.93. The zero-order chi connectivity index (χ0) is 13.6. The van der Waals surface area contributed by atoms with Gasteiger partial charge in [0.05, 0.1) is 12.2 Å². The predicted octanol–water partition coefficient (Wildman–Crippen LogP) is 4.33. The molecule has 1 aromatic rings. The summed E-state index contributed by atoms with van der Waals surface area (Å²) in [6.45, 7) is 7.79. The molecule has 1 aromatic heterocycles. The van der Waals surface area contributed by atoms with Gasteiger partial charge in [-0.15, -0.1) is 11.3 Å². The van der Waals surface area contributed by atoms with Crippen LogP contribution in [0.3, 0.4) is 0 Å². The third kappa shape index (κ3) is 2.91. The van der Waals surface area contributed by atoms with Crippen LogP contribution in [0.1, 0.15) is 57.2 Å². The Hall–Kier alpha value is 0.0700. The molecule has 0 saturated carbocycles. The van der Waals surface area contributed by atoms with Crippen molar-refractivity contribution in [2.45, 2.75) is 75.3 Å². The van der Waals surface area contributed by atoms with E-state index in [1.165, 1.54) is 36.4 Å². The summed E-state index contributed by atoms with van der Waals surface area (Å²) in [4.78, 5) is 8.31. The first kappa shape index (κ1) is 14.0. The van der Waals surface area contributed by atoms with E-state index in [4.69, 9.17) is 4.98 Å². The molecule has 2 aliphatic rings. The van der Waals surface area contributed by atoms with Crippen LogP contribution < -0.4 is 0 Å². The topological polar surface area (TPSA) is 16.1 Å². The highest BCUT2D eigenvalue weighted by Gasteiger charge is 2.40. The van der Waals surface area contributed by atoms with E-state index >= 15 is 0 Å². The molecule has 2 bridgehead atoms. The molecular weight excluding hydrogens is 320 g/mol. The van der Waals surface area contributed by atoms with Gasteiger partial charge in [-0.3, -0.25) is 4.90 Å². The summed E-state index contributed by atoms with van der Waals surface area (Å²) in [7, 11) is 0. The molecule has 2 unspecified atom stereocenters. The predicted molar refractivity (Wildman–Crippen MR) is 85.1 cm³/mol. The number of rotatable bonds is 2. The van der Waals surface area contributed by atoms with Crippen LogP contribution in [0.15, 0.2) is 5.38 Å². The average Bonchev–Trinajstić information content (AvgIpc) is 2.85. The monoisotopic (exact) mass is 342 g/mol. The van der Waals surface area contributed by atoms with E-state index in [2.05, 4.69) is 47.0 Å². The van der Waals surface area contributed by atoms with Crippen LogP contribution in [0.5, 0.6) is 0 Å². The fraction of sp³-hybridized carbons (Fsp3) is 0.800. The second kappa shape index (κ2) is 5.12. The maximum Gasteiger partial charge on any atom is 0.107 e. The number of nitrogens with zero attached hydrogens (tertiary/aromatic N) is 2. The fourth-order valence-corrected chi connectivity index (χ4v) is 5.24. The molecule has 3 heterocycles. The lowest BCUT2D eigenvalue weighted by Gasteiger charge is -2.36. The third-order valence-electron chi connectivity index (χ3n) is 4.46. The van der Waals surface area contributed by atoms with Crippen molar-refractivity contribution in [2.75, 3.05) is 0 Å². The number of hydrogen-bond acceptors (Lipinski definition) is 3. The molecule has 0 aromatic carbocycles. The number of halogens is 1. The highest BCUT2D eigenvalue weighted by molar-refractivity contribution is 9.09. The third-order valence-corrected chi connectivity index (χ3v) is 6.05. The lowest BCUT2D eigenvalue weighted by atomic mass is 9.93. The van der Waals surface area contributed by atoms with E-state index in [0.717, 1.165) is 23.5 Å². The van der Waals surface area contributed by atoms with Gasteiger partial charge in [-0.1, -0.05) is 36.7 Å². The molecule has 2 atom stereocenters. The van der Waals surface area contributed by atoms with Crippen molar-refractivity contribution in [3.05, 3.63) is 16.1 Å². The van der Waals surface area contributed by atoms with Crippen molar-refractivity contribution in [1.29, 1.82) is 0 Å². The minimum Gasteiger partial charge on any atom is -0.291 e. The summed E-state index contributed by atoms with van der Waals surface area (Å²) in [5.74, 6) is 0. The van der Waals surface area contributed by atoms with E-state index in [9.17, 15) is 0 Å². The molecule has 0 N–H and O–H groups in total. The summed E-state index contributed by atoms with van der Waals surface area (Å²) in [6.07, 6.45) is 5.39. The SMILES string of the molecule is CC(C)(C)c1csc(CN2C3CCC2CC(Br)C3)n1. The van der Waals surface area contributed by atoms with Gasteiger partial charge in [0.15, 0.2) is 0 Å². The van der Waals surface area contributed by atoms with Crippen LogP contribution in [-0.4, -0.2) is 26.8 Å². The molecule has 0 aliphatic carbocycles. The van der Waals surface area contributed by atoms with E-state index in [-0.39, 0.29) is 5.41 Å². The summed E-state index contributed by atoms with van der Waals surface area (Å²) >= 11 is 5.65. The summed E-state index contributed by atoms with van der Waals surface area (Å²) in [5, 5.41) is 3.55. The highest BCUT2D eigenvalue weighted by atomic mass is 79.9. The Bertz CT molecular complexity index is 437. The van der Waals surface area contributed by atoms with Crippen molar-refractivity contribution in [3.8, 4) is 0 Å². The minimum absolute atomic E-state index is 0.177. The number of hydrogen-bond donors (Lipinski definition) is 0. The molecule has 2 aliphatic heterocycles. The van der Waals surface area contributed by atoms with Crippen LogP contribution in [0.25, 0.3) is 0 Å². The first-order valence-corrected chi connectivity index (χ1v) is 9.07. The Balaban J connectivity index is 1.71. The van der Waals surface area contributed by atoms with E-state index in [1.54, 1.807) is 0 Å². The van der Waals surface area contributed by atoms with Crippen molar-refractivity contribution < 1.29 is 0 Å². The Kier molecular flexibility index (Phi) is 3.78. The second-order valence-electron chi connectivity index (χ2n) is 7.00. The molecule has 4 heteroatoms. The zero-order valence-corrected chi connectivity index (χ0v) is 14.4. The van der Waals surface area contributed by atoms with Crippen molar-refractivity contribution in [2.24, 2.45) is 0 Å². The summed E-state index contributed by atoms with van der Waals surface area (Å²) in [5.41, 5.74) is 1.42. The number of piperidine rings is 1. The molecular formula is C15H23BrN2S. The summed E-state index contributed by atoms with van der Waals surface area (Å²) < 4.78 is 0. The van der Waals surface area contributed by atoms with Gasteiger partial charge in [0.2, 0.25) is 0 Å². The van der Waals surface area contributed by atoms with Crippen LogP contribution in [0.2, 0.25) is 0 Å². The zero-order valence-electron chi connectivity index (χ0n) is 12.0. The van der Waals surface area contributed by atoms with Gasteiger partial charge in [0.1, 0.15) is 5.01 Å². The second-order valence-corrected chi connectivity index (χ2v) is 9.24. The smallest absolute Gasteiger partial charge is 0.107 e. The van der Waals surface area contributed by atoms with Crippen molar-refractivity contribution in [1.82, 2.24) is 9.88 Å². The normalized spacial score (nSPS) is 31.9. The van der Waals surface area contributed by atoms with Crippen LogP contribution >= 0.6 is 27.3 Å². The Morgan fingerprint density at radius 3 is 2.47 bits per heavy atom. The van der Waals surface area contributed by atoms with Crippen molar-refractivity contribution in [3.63, 3.8) is 0 Å². The molecule has 0 amide bonds. The molecule has 106 valence electrons. The Labute approximate surface area is 128 Å². The minimum atomic E-state index is 0.177. The highest BCUT2D eigenvalue weighted by Crippen LogP contribution is 2.39. The van der Waals surface area contributed by atoms with Crippen LogP contribution in [0, 0.1) is 0 Å². The maximum atomic E-state index is 4.86. The van der Waals surface area contributed by atoms with Crippen LogP contribution in [0.4, 0.5) is 0 Å². The lowest BCUT2D eigenvalue weighted by molar-refractivity contribution is 0.136. The molecule has 0 spiro atoms. The molecule has 2 nitrogen and oxygen atoms in total. The van der Waals surface area contributed by atoms with E-state index in [0.29, 0.717) is 0 Å². The average molecular weight is 343 g/mol. The van der Waals surface area contributed by atoms with Crippen molar-refractivity contribution >= 4 is 27.3 Å². The van der Waals surface area contributed by atoms with Gasteiger partial charge in [-0.05, 0) is 25.7 Å². The van der Waals surface area contributed by atoms with Gasteiger partial charge in [-0.25, -0.2) is 4.98 Å². The maximum absolute atomic E-state index is 4.86. The molecule has 0 radical (unpaired) electrons. The quantitative estimate of drug-likeness (QED) is 0.743. The van der Waals surface area contributed by atoms with Gasteiger partial charge >= 0.3 is 0 Å². The molecule has 2 saturated heterocycles. The largest absolute Gasteiger partial charge is 0.291 e. The van der Waals surface area contributed by atoms with E-state index < -0.39 is 0 Å². The number of aromatic nitrogens is 1. The van der Waals surface area contributed by atoms with E-state index in [1.807, 2.05) is 11.3 Å².